The van der Waals surface area contributed by atoms with Crippen molar-refractivity contribution in [2.75, 3.05) is 12.8 Å². The summed E-state index contributed by atoms with van der Waals surface area (Å²) in [4.78, 5) is 0. The number of nitrogens with two attached hydrogens (primary N) is 1. The number of benzene rings is 2. The molecule has 5 heteroatoms. The molecule has 5 nitrogen and oxygen atoms in total. The van der Waals surface area contributed by atoms with Gasteiger partial charge in [-0.25, -0.2) is 0 Å². The first-order valence-electron chi connectivity index (χ1n) is 6.49. The van der Waals surface area contributed by atoms with Gasteiger partial charge in [0.05, 0.1) is 30.9 Å². The fourth-order valence-electron chi connectivity index (χ4n) is 2.33. The van der Waals surface area contributed by atoms with Crippen molar-refractivity contribution in [2.24, 2.45) is 0 Å². The van der Waals surface area contributed by atoms with Gasteiger partial charge in [-0.1, -0.05) is 6.07 Å². The molecule has 0 aliphatic carbocycles. The van der Waals surface area contributed by atoms with E-state index in [4.69, 9.17) is 15.7 Å². The highest BCUT2D eigenvalue weighted by Gasteiger charge is 2.07. The fourth-order valence-corrected chi connectivity index (χ4v) is 2.33. The summed E-state index contributed by atoms with van der Waals surface area (Å²) in [5.74, 6) is 0.579. The van der Waals surface area contributed by atoms with Gasteiger partial charge in [-0.3, -0.25) is 4.68 Å². The first kappa shape index (κ1) is 13.0. The summed E-state index contributed by atoms with van der Waals surface area (Å²) in [6.45, 7) is 0.575. The van der Waals surface area contributed by atoms with Crippen molar-refractivity contribution >= 4 is 16.6 Å². The van der Waals surface area contributed by atoms with Gasteiger partial charge in [-0.05, 0) is 35.9 Å². The van der Waals surface area contributed by atoms with Crippen LogP contribution in [0.3, 0.4) is 0 Å². The van der Waals surface area contributed by atoms with E-state index in [9.17, 15) is 0 Å². The zero-order valence-corrected chi connectivity index (χ0v) is 11.6. The molecule has 0 atom stereocenters. The lowest BCUT2D eigenvalue weighted by atomic mass is 10.1. The number of fused-ring (bicyclic) bond motifs is 1. The smallest absolute Gasteiger partial charge is 0.136 e. The third-order valence-electron chi connectivity index (χ3n) is 3.39. The normalized spacial score (nSPS) is 10.5. The Morgan fingerprint density at radius 2 is 2.14 bits per heavy atom. The predicted octanol–water partition coefficient (Wildman–Crippen LogP) is 2.55. The van der Waals surface area contributed by atoms with Crippen molar-refractivity contribution < 1.29 is 4.74 Å². The summed E-state index contributed by atoms with van der Waals surface area (Å²) in [6.07, 6.45) is 1.81. The number of hydrogen-bond donors (Lipinski definition) is 1. The Labute approximate surface area is 122 Å². The Kier molecular flexibility index (Phi) is 3.20. The molecule has 0 saturated carbocycles. The molecular formula is C16H14N4O. The summed E-state index contributed by atoms with van der Waals surface area (Å²) in [7, 11) is 1.56. The molecular weight excluding hydrogens is 264 g/mol. The van der Waals surface area contributed by atoms with Crippen molar-refractivity contribution in [3.63, 3.8) is 0 Å². The number of anilines is 1. The average Bonchev–Trinajstić information content (AvgIpc) is 2.89. The van der Waals surface area contributed by atoms with Gasteiger partial charge < -0.3 is 10.5 Å². The molecule has 104 valence electrons. The van der Waals surface area contributed by atoms with Gasteiger partial charge in [0.2, 0.25) is 0 Å². The second-order valence-corrected chi connectivity index (χ2v) is 4.77. The predicted molar refractivity (Wildman–Crippen MR) is 81.0 cm³/mol. The number of nitriles is 1. The molecule has 0 unspecified atom stereocenters. The Hall–Kier alpha value is -3.00. The third-order valence-corrected chi connectivity index (χ3v) is 3.39. The molecule has 3 rings (SSSR count). The number of aromatic nitrogens is 2. The van der Waals surface area contributed by atoms with Crippen molar-refractivity contribution in [1.29, 1.82) is 5.26 Å². The summed E-state index contributed by atoms with van der Waals surface area (Å²) in [5.41, 5.74) is 9.01. The Balaban J connectivity index is 1.99. The van der Waals surface area contributed by atoms with Crippen LogP contribution in [0.5, 0.6) is 5.75 Å². The van der Waals surface area contributed by atoms with Crippen LogP contribution < -0.4 is 10.5 Å². The maximum atomic E-state index is 9.14. The van der Waals surface area contributed by atoms with Crippen molar-refractivity contribution in [1.82, 2.24) is 9.78 Å². The third kappa shape index (κ3) is 2.39. The minimum atomic E-state index is 0.519. The number of nitrogens with zero attached hydrogens (tertiary/aromatic N) is 3. The van der Waals surface area contributed by atoms with E-state index in [1.807, 2.05) is 41.2 Å². The summed E-state index contributed by atoms with van der Waals surface area (Å²) in [5, 5.41) is 14.6. The van der Waals surface area contributed by atoms with Crippen molar-refractivity contribution in [3.05, 3.63) is 53.7 Å². The molecule has 0 aliphatic rings. The molecule has 2 N–H and O–H groups in total. The highest BCUT2D eigenvalue weighted by atomic mass is 16.5. The molecule has 0 fully saturated rings. The first-order chi connectivity index (χ1) is 10.2. The van der Waals surface area contributed by atoms with E-state index in [0.717, 1.165) is 16.5 Å². The molecule has 21 heavy (non-hydrogen) atoms. The molecule has 0 radical (unpaired) electrons. The maximum absolute atomic E-state index is 9.14. The average molecular weight is 278 g/mol. The SMILES string of the molecule is COc1ccc(Cn2ncc3ccc(N)cc32)cc1C#N. The van der Waals surface area contributed by atoms with E-state index in [1.54, 1.807) is 13.2 Å². The lowest BCUT2D eigenvalue weighted by Crippen LogP contribution is -2.02. The summed E-state index contributed by atoms with van der Waals surface area (Å²) >= 11 is 0. The molecule has 0 saturated heterocycles. The molecule has 0 bridgehead atoms. The fraction of sp³-hybridized carbons (Fsp3) is 0.125. The van der Waals surface area contributed by atoms with E-state index in [0.29, 0.717) is 23.5 Å². The largest absolute Gasteiger partial charge is 0.495 e. The van der Waals surface area contributed by atoms with Gasteiger partial charge in [-0.15, -0.1) is 0 Å². The van der Waals surface area contributed by atoms with Crippen molar-refractivity contribution in [2.45, 2.75) is 6.54 Å². The van der Waals surface area contributed by atoms with Crippen LogP contribution >= 0.6 is 0 Å². The van der Waals surface area contributed by atoms with E-state index in [2.05, 4.69) is 11.2 Å². The first-order valence-corrected chi connectivity index (χ1v) is 6.49. The molecule has 0 amide bonds. The minimum Gasteiger partial charge on any atom is -0.495 e. The molecule has 0 spiro atoms. The lowest BCUT2D eigenvalue weighted by Gasteiger charge is -2.07. The van der Waals surface area contributed by atoms with Crippen LogP contribution in [0, 0.1) is 11.3 Å². The molecule has 0 aliphatic heterocycles. The summed E-state index contributed by atoms with van der Waals surface area (Å²) in [6, 6.07) is 13.4. The van der Waals surface area contributed by atoms with Crippen molar-refractivity contribution in [3.8, 4) is 11.8 Å². The van der Waals surface area contributed by atoms with Gasteiger partial charge >= 0.3 is 0 Å². The van der Waals surface area contributed by atoms with Crippen LogP contribution in [0.1, 0.15) is 11.1 Å². The monoisotopic (exact) mass is 278 g/mol. The van der Waals surface area contributed by atoms with Crippen LogP contribution in [-0.4, -0.2) is 16.9 Å². The zero-order chi connectivity index (χ0) is 14.8. The quantitative estimate of drug-likeness (QED) is 0.747. The zero-order valence-electron chi connectivity index (χ0n) is 11.6. The van der Waals surface area contributed by atoms with Crippen LogP contribution in [0.2, 0.25) is 0 Å². The molecule has 2 aromatic carbocycles. The standard InChI is InChI=1S/C16H14N4O/c1-21-16-5-2-11(6-13(16)8-17)10-20-15-7-14(18)4-3-12(15)9-19-20/h2-7,9H,10,18H2,1H3. The number of methoxy groups -OCH3 is 1. The van der Waals surface area contributed by atoms with E-state index in [1.165, 1.54) is 0 Å². The Morgan fingerprint density at radius 1 is 1.29 bits per heavy atom. The van der Waals surface area contributed by atoms with Gasteiger partial charge in [0.1, 0.15) is 11.8 Å². The molecule has 3 aromatic rings. The number of rotatable bonds is 3. The van der Waals surface area contributed by atoms with Crippen LogP contribution in [0.4, 0.5) is 5.69 Å². The number of hydrogen-bond acceptors (Lipinski definition) is 4. The van der Waals surface area contributed by atoms with Crippen LogP contribution in [0.15, 0.2) is 42.6 Å². The maximum Gasteiger partial charge on any atom is 0.136 e. The van der Waals surface area contributed by atoms with E-state index in [-0.39, 0.29) is 0 Å². The summed E-state index contributed by atoms with van der Waals surface area (Å²) < 4.78 is 7.02. The van der Waals surface area contributed by atoms with E-state index >= 15 is 0 Å². The van der Waals surface area contributed by atoms with E-state index < -0.39 is 0 Å². The Bertz CT molecular complexity index is 845. The van der Waals surface area contributed by atoms with Crippen LogP contribution in [-0.2, 0) is 6.54 Å². The van der Waals surface area contributed by atoms with Crippen LogP contribution in [0.25, 0.3) is 10.9 Å². The van der Waals surface area contributed by atoms with Gasteiger partial charge in [0, 0.05) is 11.1 Å². The van der Waals surface area contributed by atoms with Gasteiger partial charge in [-0.2, -0.15) is 10.4 Å². The second-order valence-electron chi connectivity index (χ2n) is 4.77. The Morgan fingerprint density at radius 3 is 2.90 bits per heavy atom. The topological polar surface area (TPSA) is 76.9 Å². The highest BCUT2D eigenvalue weighted by Crippen LogP contribution is 2.21. The van der Waals surface area contributed by atoms with Gasteiger partial charge in [0.15, 0.2) is 0 Å². The minimum absolute atomic E-state index is 0.519. The highest BCUT2D eigenvalue weighted by molar-refractivity contribution is 5.81. The number of ether oxygens (including phenoxy) is 1. The lowest BCUT2D eigenvalue weighted by molar-refractivity contribution is 0.413. The molecule has 1 aromatic heterocycles. The molecule has 1 heterocycles. The number of nitrogen functional groups attached to an aromatic ring is 1. The second kappa shape index (κ2) is 5.17. The van der Waals surface area contributed by atoms with Gasteiger partial charge in [0.25, 0.3) is 0 Å².